The van der Waals surface area contributed by atoms with Crippen molar-refractivity contribution in [3.8, 4) is 0 Å². The molecule has 1 aromatic rings. The monoisotopic (exact) mass is 374 g/mol. The van der Waals surface area contributed by atoms with Gasteiger partial charge in [0.15, 0.2) is 9.84 Å². The highest BCUT2D eigenvalue weighted by Crippen LogP contribution is 2.10. The van der Waals surface area contributed by atoms with Crippen LogP contribution in [0.4, 0.5) is 0 Å². The summed E-state index contributed by atoms with van der Waals surface area (Å²) in [6, 6.07) is 9.79. The summed E-state index contributed by atoms with van der Waals surface area (Å²) in [6.07, 6.45) is 3.31. The van der Waals surface area contributed by atoms with Gasteiger partial charge in [0, 0.05) is 6.54 Å². The number of carbonyl (C=O) groups is 1. The molecule has 1 heterocycles. The molecule has 0 spiro atoms. The van der Waals surface area contributed by atoms with Crippen molar-refractivity contribution in [1.82, 2.24) is 10.6 Å². The number of carbonyl (C=O) groups excluding carboxylic acids is 1. The fourth-order valence-corrected chi connectivity index (χ4v) is 4.07. The first-order valence-corrected chi connectivity index (χ1v) is 10.1. The predicted octanol–water partition coefficient (Wildman–Crippen LogP) is 1.57. The zero-order chi connectivity index (χ0) is 16.5. The van der Waals surface area contributed by atoms with Crippen LogP contribution in [0.25, 0.3) is 0 Å². The minimum absolute atomic E-state index is 0. The molecule has 136 valence electrons. The molecule has 1 amide bonds. The van der Waals surface area contributed by atoms with E-state index >= 15 is 0 Å². The molecular formula is C17H27ClN2O3S. The number of nitrogens with one attached hydrogen (secondary N) is 2. The van der Waals surface area contributed by atoms with E-state index in [9.17, 15) is 13.2 Å². The van der Waals surface area contributed by atoms with Crippen molar-refractivity contribution in [3.05, 3.63) is 35.9 Å². The van der Waals surface area contributed by atoms with Gasteiger partial charge in [0.05, 0.1) is 5.75 Å². The van der Waals surface area contributed by atoms with Crippen LogP contribution in [0.1, 0.15) is 24.8 Å². The molecule has 0 bridgehead atoms. The molecule has 1 aliphatic rings. The molecular weight excluding hydrogens is 348 g/mol. The largest absolute Gasteiger partial charge is 0.355 e. The van der Waals surface area contributed by atoms with E-state index in [-0.39, 0.29) is 24.1 Å². The van der Waals surface area contributed by atoms with E-state index in [1.807, 2.05) is 30.3 Å². The molecule has 24 heavy (non-hydrogen) atoms. The fraction of sp³-hybridized carbons (Fsp3) is 0.588. The number of hydrogen-bond acceptors (Lipinski definition) is 4. The van der Waals surface area contributed by atoms with E-state index in [1.54, 1.807) is 0 Å². The van der Waals surface area contributed by atoms with Crippen molar-refractivity contribution in [2.75, 3.05) is 31.1 Å². The number of aryl methyl sites for hydroxylation is 1. The van der Waals surface area contributed by atoms with E-state index < -0.39 is 15.6 Å². The molecule has 2 rings (SSSR count). The predicted molar refractivity (Wildman–Crippen MR) is 99.3 cm³/mol. The summed E-state index contributed by atoms with van der Waals surface area (Å²) in [4.78, 5) is 11.8. The first-order valence-electron chi connectivity index (χ1n) is 8.27. The first-order chi connectivity index (χ1) is 11.1. The van der Waals surface area contributed by atoms with E-state index in [0.717, 1.165) is 37.9 Å². The van der Waals surface area contributed by atoms with Crippen LogP contribution in [-0.4, -0.2) is 45.5 Å². The standard InChI is InChI=1S/C17H26N2O3S.ClH/c20-17(19-11-9-16-8-10-18-13-16)14-23(21,22)12-4-7-15-5-2-1-3-6-15;/h1-3,5-6,16,18H,4,7-14H2,(H,19,20);1H. The van der Waals surface area contributed by atoms with Crippen LogP contribution in [0.5, 0.6) is 0 Å². The van der Waals surface area contributed by atoms with Crippen LogP contribution < -0.4 is 10.6 Å². The topological polar surface area (TPSA) is 75.3 Å². The summed E-state index contributed by atoms with van der Waals surface area (Å²) in [7, 11) is -3.32. The number of benzene rings is 1. The third kappa shape index (κ3) is 8.13. The first kappa shape index (κ1) is 20.9. The lowest BCUT2D eigenvalue weighted by Gasteiger charge is -2.09. The van der Waals surface area contributed by atoms with Crippen molar-refractivity contribution in [3.63, 3.8) is 0 Å². The lowest BCUT2D eigenvalue weighted by Crippen LogP contribution is -2.33. The van der Waals surface area contributed by atoms with Gasteiger partial charge < -0.3 is 10.6 Å². The van der Waals surface area contributed by atoms with Crippen molar-refractivity contribution >= 4 is 28.2 Å². The number of rotatable bonds is 9. The van der Waals surface area contributed by atoms with E-state index in [0.29, 0.717) is 18.9 Å². The van der Waals surface area contributed by atoms with Gasteiger partial charge in [-0.2, -0.15) is 0 Å². The molecule has 1 aromatic carbocycles. The van der Waals surface area contributed by atoms with Crippen molar-refractivity contribution < 1.29 is 13.2 Å². The fourth-order valence-electron chi connectivity index (χ4n) is 2.84. The maximum Gasteiger partial charge on any atom is 0.235 e. The second-order valence-electron chi connectivity index (χ2n) is 6.18. The SMILES string of the molecule is Cl.O=C(CS(=O)(=O)CCCc1ccccc1)NCCC1CCNC1. The summed E-state index contributed by atoms with van der Waals surface area (Å²) in [5, 5.41) is 6.00. The Morgan fingerprint density at radius 1 is 1.25 bits per heavy atom. The third-order valence-corrected chi connectivity index (χ3v) is 5.76. The zero-order valence-corrected chi connectivity index (χ0v) is 15.5. The highest BCUT2D eigenvalue weighted by molar-refractivity contribution is 7.92. The summed E-state index contributed by atoms with van der Waals surface area (Å²) in [6.45, 7) is 2.59. The Labute approximate surface area is 150 Å². The van der Waals surface area contributed by atoms with Gasteiger partial charge in [-0.15, -0.1) is 12.4 Å². The van der Waals surface area contributed by atoms with Gasteiger partial charge in [0.1, 0.15) is 5.75 Å². The van der Waals surface area contributed by atoms with Crippen LogP contribution in [0.15, 0.2) is 30.3 Å². The van der Waals surface area contributed by atoms with Gasteiger partial charge in [-0.3, -0.25) is 4.79 Å². The lowest BCUT2D eigenvalue weighted by atomic mass is 10.1. The highest BCUT2D eigenvalue weighted by atomic mass is 35.5. The van der Waals surface area contributed by atoms with Crippen LogP contribution in [-0.2, 0) is 21.1 Å². The van der Waals surface area contributed by atoms with Gasteiger partial charge in [0.25, 0.3) is 0 Å². The van der Waals surface area contributed by atoms with Gasteiger partial charge in [-0.25, -0.2) is 8.42 Å². The van der Waals surface area contributed by atoms with Crippen LogP contribution >= 0.6 is 12.4 Å². The third-order valence-electron chi connectivity index (χ3n) is 4.15. The van der Waals surface area contributed by atoms with E-state index in [2.05, 4.69) is 10.6 Å². The second-order valence-corrected chi connectivity index (χ2v) is 8.36. The summed E-state index contributed by atoms with van der Waals surface area (Å²) in [5.41, 5.74) is 1.12. The summed E-state index contributed by atoms with van der Waals surface area (Å²) in [5.74, 6) is -0.125. The summed E-state index contributed by atoms with van der Waals surface area (Å²) >= 11 is 0. The molecule has 7 heteroatoms. The number of hydrogen-bond donors (Lipinski definition) is 2. The van der Waals surface area contributed by atoms with Gasteiger partial charge in [-0.1, -0.05) is 30.3 Å². The highest BCUT2D eigenvalue weighted by Gasteiger charge is 2.18. The number of halogens is 1. The van der Waals surface area contributed by atoms with Gasteiger partial charge in [0.2, 0.25) is 5.91 Å². The normalized spacial score (nSPS) is 17.2. The molecule has 1 unspecified atom stereocenters. The number of sulfone groups is 1. The molecule has 1 fully saturated rings. The molecule has 0 aliphatic carbocycles. The molecule has 2 N–H and O–H groups in total. The summed E-state index contributed by atoms with van der Waals surface area (Å²) < 4.78 is 24.0. The van der Waals surface area contributed by atoms with Crippen LogP contribution in [0.3, 0.4) is 0 Å². The minimum atomic E-state index is -3.32. The Morgan fingerprint density at radius 3 is 2.67 bits per heavy atom. The Balaban J connectivity index is 0.00000288. The number of amides is 1. The molecule has 0 radical (unpaired) electrons. The Kier molecular flexibility index (Phi) is 9.33. The van der Waals surface area contributed by atoms with E-state index in [4.69, 9.17) is 0 Å². The van der Waals surface area contributed by atoms with Crippen LogP contribution in [0, 0.1) is 5.92 Å². The zero-order valence-electron chi connectivity index (χ0n) is 13.9. The average Bonchev–Trinajstić information content (AvgIpc) is 3.01. The van der Waals surface area contributed by atoms with Crippen molar-refractivity contribution in [2.24, 2.45) is 5.92 Å². The molecule has 1 saturated heterocycles. The Morgan fingerprint density at radius 2 is 2.00 bits per heavy atom. The molecule has 0 aromatic heterocycles. The molecule has 0 saturated carbocycles. The average molecular weight is 375 g/mol. The maximum absolute atomic E-state index is 12.0. The van der Waals surface area contributed by atoms with Gasteiger partial charge in [-0.05, 0) is 50.3 Å². The smallest absolute Gasteiger partial charge is 0.235 e. The van der Waals surface area contributed by atoms with Gasteiger partial charge >= 0.3 is 0 Å². The Bertz CT molecular complexity index is 587. The van der Waals surface area contributed by atoms with E-state index in [1.165, 1.54) is 0 Å². The second kappa shape index (κ2) is 10.7. The Hall–Kier alpha value is -1.11. The quantitative estimate of drug-likeness (QED) is 0.688. The van der Waals surface area contributed by atoms with Crippen molar-refractivity contribution in [2.45, 2.75) is 25.7 Å². The van der Waals surface area contributed by atoms with Crippen molar-refractivity contribution in [1.29, 1.82) is 0 Å². The minimum Gasteiger partial charge on any atom is -0.355 e. The van der Waals surface area contributed by atoms with Crippen LogP contribution in [0.2, 0.25) is 0 Å². The maximum atomic E-state index is 12.0. The molecule has 1 atom stereocenters. The lowest BCUT2D eigenvalue weighted by molar-refractivity contribution is -0.118. The molecule has 1 aliphatic heterocycles. The molecule has 5 nitrogen and oxygen atoms in total.